The Bertz CT molecular complexity index is 1310. The van der Waals surface area contributed by atoms with Gasteiger partial charge in [-0.25, -0.2) is 0 Å². The molecule has 0 rings (SSSR count). The van der Waals surface area contributed by atoms with Gasteiger partial charge in [-0.1, -0.05) is 195 Å². The minimum absolute atomic E-state index is 0.104. The molecule has 0 aromatic carbocycles. The highest BCUT2D eigenvalue weighted by Gasteiger charge is 2.19. The Hall–Kier alpha value is -3.67. The van der Waals surface area contributed by atoms with E-state index in [-0.39, 0.29) is 31.1 Å². The van der Waals surface area contributed by atoms with Crippen molar-refractivity contribution >= 4 is 17.9 Å². The van der Waals surface area contributed by atoms with E-state index in [9.17, 15) is 14.4 Å². The van der Waals surface area contributed by atoms with E-state index in [4.69, 9.17) is 14.2 Å². The average Bonchev–Trinajstić information content (AvgIpc) is 3.30. The third kappa shape index (κ3) is 51.2. The van der Waals surface area contributed by atoms with E-state index in [1.54, 1.807) is 0 Å². The number of ether oxygens (including phenoxy) is 3. The van der Waals surface area contributed by atoms with Crippen LogP contribution in [0, 0.1) is 0 Å². The highest BCUT2D eigenvalue weighted by molar-refractivity contribution is 5.71. The van der Waals surface area contributed by atoms with Crippen molar-refractivity contribution < 1.29 is 28.6 Å². The van der Waals surface area contributed by atoms with Crippen LogP contribution in [0.3, 0.4) is 0 Å². The number of carbonyl (C=O) groups excluding carboxylic acids is 3. The second-order valence-corrected chi connectivity index (χ2v) is 17.4. The first-order valence-electron chi connectivity index (χ1n) is 26.7. The summed E-state index contributed by atoms with van der Waals surface area (Å²) in [6.07, 6.45) is 69.6. The molecule has 0 aliphatic carbocycles. The Balaban J connectivity index is 4.46. The zero-order chi connectivity index (χ0) is 47.2. The van der Waals surface area contributed by atoms with Crippen molar-refractivity contribution in [3.8, 4) is 0 Å². The van der Waals surface area contributed by atoms with Gasteiger partial charge in [-0.15, -0.1) is 0 Å². The Kier molecular flexibility index (Phi) is 50.0. The lowest BCUT2D eigenvalue weighted by Crippen LogP contribution is -2.30. The lowest BCUT2D eigenvalue weighted by Gasteiger charge is -2.18. The molecule has 0 unspecified atom stereocenters. The van der Waals surface area contributed by atoms with Crippen LogP contribution in [-0.2, 0) is 28.6 Å². The van der Waals surface area contributed by atoms with Crippen molar-refractivity contribution in [3.63, 3.8) is 0 Å². The molecule has 6 heteroatoms. The Morgan fingerprint density at radius 3 is 0.938 bits per heavy atom. The maximum absolute atomic E-state index is 12.8. The van der Waals surface area contributed by atoms with E-state index >= 15 is 0 Å². The van der Waals surface area contributed by atoms with Gasteiger partial charge >= 0.3 is 17.9 Å². The first-order valence-corrected chi connectivity index (χ1v) is 26.7. The van der Waals surface area contributed by atoms with Gasteiger partial charge in [0.2, 0.25) is 0 Å². The summed E-state index contributed by atoms with van der Waals surface area (Å²) in [7, 11) is 0. The summed E-state index contributed by atoms with van der Waals surface area (Å²) in [5, 5.41) is 0. The van der Waals surface area contributed by atoms with E-state index in [2.05, 4.69) is 118 Å². The van der Waals surface area contributed by atoms with Crippen LogP contribution in [0.25, 0.3) is 0 Å². The number of carbonyl (C=O) groups is 3. The fourth-order valence-corrected chi connectivity index (χ4v) is 6.94. The van der Waals surface area contributed by atoms with Crippen molar-refractivity contribution in [1.29, 1.82) is 0 Å². The van der Waals surface area contributed by atoms with Crippen molar-refractivity contribution in [2.45, 2.75) is 245 Å². The van der Waals surface area contributed by atoms with Crippen molar-refractivity contribution in [3.05, 3.63) is 97.2 Å². The quantitative estimate of drug-likeness (QED) is 0.0262. The Labute approximate surface area is 400 Å². The molecule has 0 heterocycles. The molecule has 0 aliphatic heterocycles. The molecule has 0 amide bonds. The van der Waals surface area contributed by atoms with Gasteiger partial charge in [0.15, 0.2) is 6.10 Å². The largest absolute Gasteiger partial charge is 0.462 e. The van der Waals surface area contributed by atoms with Crippen LogP contribution >= 0.6 is 0 Å². The topological polar surface area (TPSA) is 78.9 Å². The van der Waals surface area contributed by atoms with Gasteiger partial charge in [-0.2, -0.15) is 0 Å². The van der Waals surface area contributed by atoms with Crippen LogP contribution in [-0.4, -0.2) is 37.2 Å². The molecule has 0 radical (unpaired) electrons. The molecule has 370 valence electrons. The highest BCUT2D eigenvalue weighted by atomic mass is 16.6. The standard InChI is InChI=1S/C59H98O6/c1-4-7-10-13-16-19-22-24-26-28-29-31-33-35-38-40-43-46-49-52-58(61)64-55-56(65-59(62)53-50-47-44-41-36-21-18-15-12-9-6-3)54-63-57(60)51-48-45-42-39-37-34-32-30-27-25-23-20-17-14-11-8-5-2/h15-20,24-27,29,31-32,34-35,38,56H,4-14,21-23,28,30,33,36-37,39-55H2,1-3H3/b18-15-,19-16-,20-17-,26-24-,27-25-,31-29-,34-32-,38-35-/t56-/m0/s1. The Morgan fingerprint density at radius 2 is 0.569 bits per heavy atom. The van der Waals surface area contributed by atoms with Crippen LogP contribution in [0.1, 0.15) is 239 Å². The minimum Gasteiger partial charge on any atom is -0.462 e. The summed E-state index contributed by atoms with van der Waals surface area (Å²) in [5.74, 6) is -0.968. The SMILES string of the molecule is CCCC/C=C\CCCCCCCC(=O)O[C@H](COC(=O)CCCCC/C=C\C/C=C\C/C=C\C/C=C\CCCCC)COC(=O)CCCCCC/C=C\C/C=C\C/C=C\CCCCC. The number of rotatable bonds is 47. The smallest absolute Gasteiger partial charge is 0.306 e. The minimum atomic E-state index is -0.805. The van der Waals surface area contributed by atoms with Crippen LogP contribution in [0.15, 0.2) is 97.2 Å². The lowest BCUT2D eigenvalue weighted by molar-refractivity contribution is -0.167. The molecular weight excluding hydrogens is 805 g/mol. The van der Waals surface area contributed by atoms with Gasteiger partial charge in [0.25, 0.3) is 0 Å². The summed E-state index contributed by atoms with van der Waals surface area (Å²) in [5.41, 5.74) is 0. The van der Waals surface area contributed by atoms with Crippen molar-refractivity contribution in [2.24, 2.45) is 0 Å². The van der Waals surface area contributed by atoms with E-state index in [0.717, 1.165) is 122 Å². The molecule has 0 spiro atoms. The second kappa shape index (κ2) is 52.9. The molecular formula is C59H98O6. The van der Waals surface area contributed by atoms with Crippen LogP contribution < -0.4 is 0 Å². The van der Waals surface area contributed by atoms with E-state index in [1.165, 1.54) is 77.0 Å². The molecule has 0 aromatic rings. The molecule has 1 atom stereocenters. The molecule has 6 nitrogen and oxygen atoms in total. The molecule has 0 saturated heterocycles. The summed E-state index contributed by atoms with van der Waals surface area (Å²) in [6, 6.07) is 0. The predicted molar refractivity (Wildman–Crippen MR) is 279 cm³/mol. The number of unbranched alkanes of at least 4 members (excludes halogenated alkanes) is 20. The van der Waals surface area contributed by atoms with Gasteiger partial charge in [-0.05, 0) is 122 Å². The number of esters is 3. The van der Waals surface area contributed by atoms with Crippen LogP contribution in [0.2, 0.25) is 0 Å². The van der Waals surface area contributed by atoms with Crippen LogP contribution in [0.5, 0.6) is 0 Å². The second-order valence-electron chi connectivity index (χ2n) is 17.4. The van der Waals surface area contributed by atoms with Crippen molar-refractivity contribution in [2.75, 3.05) is 13.2 Å². The molecule has 0 saturated carbocycles. The summed E-state index contributed by atoms with van der Waals surface area (Å²) < 4.78 is 16.8. The number of allylic oxidation sites excluding steroid dienone is 16. The Morgan fingerprint density at radius 1 is 0.308 bits per heavy atom. The maximum atomic E-state index is 12.8. The average molecular weight is 903 g/mol. The van der Waals surface area contributed by atoms with Gasteiger partial charge in [0.1, 0.15) is 13.2 Å². The highest BCUT2D eigenvalue weighted by Crippen LogP contribution is 2.13. The number of hydrogen-bond acceptors (Lipinski definition) is 6. The van der Waals surface area contributed by atoms with Gasteiger partial charge < -0.3 is 14.2 Å². The predicted octanol–water partition coefficient (Wildman–Crippen LogP) is 17.8. The third-order valence-electron chi connectivity index (χ3n) is 11.0. The number of hydrogen-bond donors (Lipinski definition) is 0. The zero-order valence-corrected chi connectivity index (χ0v) is 42.2. The normalized spacial score (nSPS) is 12.8. The molecule has 65 heavy (non-hydrogen) atoms. The fourth-order valence-electron chi connectivity index (χ4n) is 6.94. The first-order chi connectivity index (χ1) is 32.0. The summed E-state index contributed by atoms with van der Waals surface area (Å²) in [4.78, 5) is 38.0. The zero-order valence-electron chi connectivity index (χ0n) is 42.2. The molecule has 0 fully saturated rings. The van der Waals surface area contributed by atoms with E-state index in [0.29, 0.717) is 19.3 Å². The van der Waals surface area contributed by atoms with E-state index in [1.807, 2.05) is 0 Å². The molecule has 0 aliphatic rings. The van der Waals surface area contributed by atoms with Gasteiger partial charge in [0, 0.05) is 19.3 Å². The van der Waals surface area contributed by atoms with E-state index < -0.39 is 6.10 Å². The van der Waals surface area contributed by atoms with Gasteiger partial charge in [-0.3, -0.25) is 14.4 Å². The van der Waals surface area contributed by atoms with Crippen molar-refractivity contribution in [1.82, 2.24) is 0 Å². The first kappa shape index (κ1) is 61.3. The lowest BCUT2D eigenvalue weighted by atomic mass is 10.1. The molecule has 0 N–H and O–H groups in total. The monoisotopic (exact) mass is 903 g/mol. The van der Waals surface area contributed by atoms with Crippen LogP contribution in [0.4, 0.5) is 0 Å². The maximum Gasteiger partial charge on any atom is 0.306 e. The third-order valence-corrected chi connectivity index (χ3v) is 11.0. The van der Waals surface area contributed by atoms with Gasteiger partial charge in [0.05, 0.1) is 0 Å². The summed E-state index contributed by atoms with van der Waals surface area (Å²) >= 11 is 0. The molecule has 0 bridgehead atoms. The fraction of sp³-hybridized carbons (Fsp3) is 0.678. The molecule has 0 aromatic heterocycles. The summed E-state index contributed by atoms with van der Waals surface area (Å²) in [6.45, 7) is 6.48.